The Labute approximate surface area is 181 Å². The second-order valence-corrected chi connectivity index (χ2v) is 9.77. The molecule has 0 aliphatic heterocycles. The SMILES string of the molecule is CNS(=O)(=O)c1ccc(-c2cncc(Cl)c2)nc1Oc1c(C)cc(C)cc1C1CC1. The number of rotatable bonds is 6. The second-order valence-electron chi connectivity index (χ2n) is 7.48. The van der Waals surface area contributed by atoms with E-state index < -0.39 is 10.0 Å². The summed E-state index contributed by atoms with van der Waals surface area (Å²) >= 11 is 6.06. The molecule has 156 valence electrons. The molecule has 1 saturated carbocycles. The summed E-state index contributed by atoms with van der Waals surface area (Å²) < 4.78 is 33.8. The molecule has 0 bridgehead atoms. The Hall–Kier alpha value is -2.48. The quantitative estimate of drug-likeness (QED) is 0.580. The van der Waals surface area contributed by atoms with Crippen molar-refractivity contribution in [1.29, 1.82) is 0 Å². The highest BCUT2D eigenvalue weighted by Gasteiger charge is 2.29. The van der Waals surface area contributed by atoms with Gasteiger partial charge in [-0.3, -0.25) is 4.98 Å². The summed E-state index contributed by atoms with van der Waals surface area (Å²) in [6.45, 7) is 4.01. The third kappa shape index (κ3) is 4.19. The zero-order chi connectivity index (χ0) is 21.5. The van der Waals surface area contributed by atoms with E-state index in [0.29, 0.717) is 27.9 Å². The molecule has 30 heavy (non-hydrogen) atoms. The van der Waals surface area contributed by atoms with Gasteiger partial charge in [0, 0.05) is 18.0 Å². The van der Waals surface area contributed by atoms with Crippen LogP contribution in [0, 0.1) is 13.8 Å². The molecule has 0 atom stereocenters. The molecule has 1 aliphatic rings. The maximum atomic E-state index is 12.6. The molecule has 1 aromatic carbocycles. The van der Waals surface area contributed by atoms with E-state index in [1.165, 1.54) is 19.3 Å². The van der Waals surface area contributed by atoms with Crippen molar-refractivity contribution < 1.29 is 13.2 Å². The first-order valence-electron chi connectivity index (χ1n) is 9.63. The van der Waals surface area contributed by atoms with Crippen molar-refractivity contribution in [1.82, 2.24) is 14.7 Å². The topological polar surface area (TPSA) is 81.2 Å². The van der Waals surface area contributed by atoms with Gasteiger partial charge in [-0.1, -0.05) is 29.3 Å². The van der Waals surface area contributed by atoms with Gasteiger partial charge in [0.2, 0.25) is 15.9 Å². The predicted octanol–water partition coefficient (Wildman–Crippen LogP) is 4.99. The fourth-order valence-electron chi connectivity index (χ4n) is 3.45. The molecule has 0 saturated heterocycles. The lowest BCUT2D eigenvalue weighted by atomic mass is 10.0. The molecule has 8 heteroatoms. The normalized spacial score (nSPS) is 14.0. The molecular weight excluding hydrogens is 422 g/mol. The number of hydrogen-bond donors (Lipinski definition) is 1. The van der Waals surface area contributed by atoms with Gasteiger partial charge in [-0.2, -0.15) is 0 Å². The highest BCUT2D eigenvalue weighted by molar-refractivity contribution is 7.89. The molecule has 6 nitrogen and oxygen atoms in total. The molecule has 1 N–H and O–H groups in total. The zero-order valence-corrected chi connectivity index (χ0v) is 18.5. The average molecular weight is 444 g/mol. The number of aryl methyl sites for hydroxylation is 2. The molecule has 0 radical (unpaired) electrons. The third-order valence-corrected chi connectivity index (χ3v) is 6.68. The van der Waals surface area contributed by atoms with Gasteiger partial charge in [0.25, 0.3) is 0 Å². The molecule has 3 aromatic rings. The molecule has 1 aliphatic carbocycles. The Bertz CT molecular complexity index is 1220. The standard InChI is InChI=1S/C22H22ClN3O3S/c1-13-8-14(2)21(18(9-13)15-4-5-15)29-22-20(30(27,28)24-3)7-6-19(26-22)16-10-17(23)12-25-11-16/h6-12,15,24H,4-5H2,1-3H3. The number of hydrogen-bond acceptors (Lipinski definition) is 5. The number of nitrogens with zero attached hydrogens (tertiary/aromatic N) is 2. The van der Waals surface area contributed by atoms with E-state index in [2.05, 4.69) is 20.8 Å². The Balaban J connectivity index is 1.86. The Kier molecular flexibility index (Phi) is 5.53. The van der Waals surface area contributed by atoms with Crippen LogP contribution in [0.4, 0.5) is 0 Å². The van der Waals surface area contributed by atoms with Gasteiger partial charge in [0.15, 0.2) is 0 Å². The highest BCUT2D eigenvalue weighted by Crippen LogP contribution is 2.47. The summed E-state index contributed by atoms with van der Waals surface area (Å²) in [7, 11) is -2.41. The molecule has 4 rings (SSSR count). The largest absolute Gasteiger partial charge is 0.437 e. The van der Waals surface area contributed by atoms with Gasteiger partial charge in [-0.25, -0.2) is 18.1 Å². The minimum absolute atomic E-state index is 0.0227. The van der Waals surface area contributed by atoms with Crippen molar-refractivity contribution in [2.24, 2.45) is 0 Å². The van der Waals surface area contributed by atoms with Crippen molar-refractivity contribution in [2.45, 2.75) is 37.5 Å². The fourth-order valence-corrected chi connectivity index (χ4v) is 4.41. The molecule has 2 heterocycles. The van der Waals surface area contributed by atoms with E-state index >= 15 is 0 Å². The van der Waals surface area contributed by atoms with E-state index in [-0.39, 0.29) is 10.8 Å². The van der Waals surface area contributed by atoms with Crippen LogP contribution < -0.4 is 9.46 Å². The van der Waals surface area contributed by atoms with E-state index in [1.807, 2.05) is 19.9 Å². The van der Waals surface area contributed by atoms with Crippen molar-refractivity contribution in [2.75, 3.05) is 7.05 Å². The Morgan fingerprint density at radius 2 is 1.90 bits per heavy atom. The fraction of sp³-hybridized carbons (Fsp3) is 0.273. The molecule has 0 amide bonds. The first-order valence-corrected chi connectivity index (χ1v) is 11.5. The van der Waals surface area contributed by atoms with Crippen LogP contribution in [0.3, 0.4) is 0 Å². The number of sulfonamides is 1. The van der Waals surface area contributed by atoms with Crippen LogP contribution in [0.25, 0.3) is 11.3 Å². The molecule has 0 unspecified atom stereocenters. The van der Waals surface area contributed by atoms with Gasteiger partial charge < -0.3 is 4.74 Å². The van der Waals surface area contributed by atoms with E-state index in [0.717, 1.165) is 29.5 Å². The lowest BCUT2D eigenvalue weighted by Gasteiger charge is -2.17. The van der Waals surface area contributed by atoms with Crippen LogP contribution in [0.1, 0.15) is 35.4 Å². The summed E-state index contributed by atoms with van der Waals surface area (Å²) in [6, 6.07) is 8.97. The highest BCUT2D eigenvalue weighted by atomic mass is 35.5. The van der Waals surface area contributed by atoms with E-state index in [4.69, 9.17) is 16.3 Å². The number of ether oxygens (including phenoxy) is 1. The Morgan fingerprint density at radius 1 is 1.13 bits per heavy atom. The van der Waals surface area contributed by atoms with Gasteiger partial charge in [0.1, 0.15) is 10.6 Å². The van der Waals surface area contributed by atoms with Crippen molar-refractivity contribution in [3.05, 3.63) is 64.4 Å². The van der Waals surface area contributed by atoms with Crippen LogP contribution in [0.15, 0.2) is 47.6 Å². The number of halogens is 1. The van der Waals surface area contributed by atoms with E-state index in [1.54, 1.807) is 18.3 Å². The Morgan fingerprint density at radius 3 is 2.57 bits per heavy atom. The molecular formula is C22H22ClN3O3S. The predicted molar refractivity (Wildman–Crippen MR) is 117 cm³/mol. The maximum Gasteiger partial charge on any atom is 0.245 e. The number of benzene rings is 1. The smallest absolute Gasteiger partial charge is 0.245 e. The number of pyridine rings is 2. The van der Waals surface area contributed by atoms with Crippen molar-refractivity contribution >= 4 is 21.6 Å². The first-order chi connectivity index (χ1) is 14.3. The lowest BCUT2D eigenvalue weighted by Crippen LogP contribution is -2.19. The van der Waals surface area contributed by atoms with Crippen molar-refractivity contribution in [3.63, 3.8) is 0 Å². The minimum Gasteiger partial charge on any atom is -0.437 e. The summed E-state index contributed by atoms with van der Waals surface area (Å²) in [5.74, 6) is 1.13. The minimum atomic E-state index is -3.77. The van der Waals surface area contributed by atoms with Gasteiger partial charge in [-0.15, -0.1) is 0 Å². The van der Waals surface area contributed by atoms with Crippen LogP contribution in [-0.4, -0.2) is 25.4 Å². The van der Waals surface area contributed by atoms with Gasteiger partial charge in [-0.05, 0) is 69.0 Å². The summed E-state index contributed by atoms with van der Waals surface area (Å²) in [6.07, 6.45) is 5.35. The van der Waals surface area contributed by atoms with Crippen molar-refractivity contribution in [3.8, 4) is 22.9 Å². The monoisotopic (exact) mass is 443 g/mol. The maximum absolute atomic E-state index is 12.6. The molecule has 0 spiro atoms. The summed E-state index contributed by atoms with van der Waals surface area (Å²) in [5, 5.41) is 0.467. The second kappa shape index (κ2) is 7.98. The van der Waals surface area contributed by atoms with Crippen LogP contribution in [0.5, 0.6) is 11.6 Å². The first kappa shape index (κ1) is 20.8. The summed E-state index contributed by atoms with van der Waals surface area (Å²) in [5.41, 5.74) is 4.38. The van der Waals surface area contributed by atoms with E-state index in [9.17, 15) is 8.42 Å². The average Bonchev–Trinajstić information content (AvgIpc) is 3.55. The van der Waals surface area contributed by atoms with Gasteiger partial charge in [0.05, 0.1) is 10.7 Å². The molecule has 1 fully saturated rings. The molecule has 2 aromatic heterocycles. The van der Waals surface area contributed by atoms with Crippen LogP contribution in [0.2, 0.25) is 5.02 Å². The third-order valence-electron chi connectivity index (χ3n) is 5.05. The number of aromatic nitrogens is 2. The van der Waals surface area contributed by atoms with Crippen LogP contribution >= 0.6 is 11.6 Å². The van der Waals surface area contributed by atoms with Gasteiger partial charge >= 0.3 is 0 Å². The number of nitrogens with one attached hydrogen (secondary N) is 1. The van der Waals surface area contributed by atoms with Crippen LogP contribution in [-0.2, 0) is 10.0 Å². The zero-order valence-electron chi connectivity index (χ0n) is 16.9. The summed E-state index contributed by atoms with van der Waals surface area (Å²) in [4.78, 5) is 8.60. The lowest BCUT2D eigenvalue weighted by molar-refractivity contribution is 0.439.